The summed E-state index contributed by atoms with van der Waals surface area (Å²) in [6.45, 7) is 8.04. The topological polar surface area (TPSA) is 116 Å². The molecule has 1 aromatic carbocycles. The van der Waals surface area contributed by atoms with Crippen molar-refractivity contribution in [2.24, 2.45) is 17.3 Å². The van der Waals surface area contributed by atoms with Crippen molar-refractivity contribution >= 4 is 18.1 Å². The van der Waals surface area contributed by atoms with E-state index >= 15 is 0 Å². The van der Waals surface area contributed by atoms with Gasteiger partial charge in [0.1, 0.15) is 5.78 Å². The maximum atomic E-state index is 13.3. The van der Waals surface area contributed by atoms with Crippen LogP contribution in [-0.2, 0) is 25.5 Å². The van der Waals surface area contributed by atoms with Crippen molar-refractivity contribution < 1.29 is 29.4 Å². The molecule has 0 aliphatic rings. The number of aliphatic hydroxyl groups excluding tert-OH is 1. The molecule has 0 aromatic heterocycles. The van der Waals surface area contributed by atoms with Gasteiger partial charge >= 0.3 is 0 Å². The molecule has 0 bridgehead atoms. The summed E-state index contributed by atoms with van der Waals surface area (Å²) in [6.07, 6.45) is 2.31. The van der Waals surface area contributed by atoms with Crippen LogP contribution in [0.4, 0.5) is 0 Å². The molecule has 0 aliphatic heterocycles. The molecule has 0 spiro atoms. The lowest BCUT2D eigenvalue weighted by Crippen LogP contribution is -2.44. The standard InChI is InChI=1S/C25H40N2O6/c1-19(27(32)18-29)21(12-8-11-20-9-6-5-7-10-20)23(30)17-22(25(2,3)4)24(31)26-13-15-33-16-14-28/h5-7,9-10,18-19,21-22,28,32H,8,11-17H2,1-4H3,(H,26,31)/t19-,21+,22+/m0/s1. The number of ketones is 1. The molecule has 0 unspecified atom stereocenters. The Morgan fingerprint density at radius 1 is 1.18 bits per heavy atom. The first kappa shape index (κ1) is 28.7. The number of rotatable bonds is 16. The van der Waals surface area contributed by atoms with Gasteiger partial charge in [-0.1, -0.05) is 51.1 Å². The number of carbonyl (C=O) groups is 3. The van der Waals surface area contributed by atoms with Crippen LogP contribution < -0.4 is 5.32 Å². The van der Waals surface area contributed by atoms with Crippen molar-refractivity contribution in [2.45, 2.75) is 59.4 Å². The molecule has 2 amide bonds. The van der Waals surface area contributed by atoms with E-state index in [1.807, 2.05) is 51.1 Å². The fraction of sp³-hybridized carbons (Fsp3) is 0.640. The van der Waals surface area contributed by atoms with Gasteiger partial charge < -0.3 is 15.2 Å². The monoisotopic (exact) mass is 464 g/mol. The van der Waals surface area contributed by atoms with Crippen LogP contribution in [0.25, 0.3) is 0 Å². The SMILES string of the molecule is C[C@@H]([C@@H](CCCc1ccccc1)C(=O)C[C@H](C(=O)NCCOCCO)C(C)(C)C)N(O)C=O. The van der Waals surface area contributed by atoms with E-state index in [1.165, 1.54) is 0 Å². The molecule has 0 radical (unpaired) electrons. The zero-order valence-electron chi connectivity index (χ0n) is 20.3. The normalized spacial score (nSPS) is 14.2. The Morgan fingerprint density at radius 2 is 1.85 bits per heavy atom. The molecule has 3 N–H and O–H groups in total. The van der Waals surface area contributed by atoms with Gasteiger partial charge in [-0.05, 0) is 37.2 Å². The maximum Gasteiger partial charge on any atom is 0.233 e. The highest BCUT2D eigenvalue weighted by atomic mass is 16.5. The first-order valence-electron chi connectivity index (χ1n) is 11.6. The Labute approximate surface area is 197 Å². The summed E-state index contributed by atoms with van der Waals surface area (Å²) in [5, 5.41) is 22.1. The average Bonchev–Trinajstić information content (AvgIpc) is 2.78. The Bertz CT molecular complexity index is 719. The van der Waals surface area contributed by atoms with E-state index in [2.05, 4.69) is 5.32 Å². The summed E-state index contributed by atoms with van der Waals surface area (Å²) in [6, 6.07) is 9.22. The maximum absolute atomic E-state index is 13.3. The Hall–Kier alpha value is -2.29. The predicted octanol–water partition coefficient (Wildman–Crippen LogP) is 2.61. The molecule has 0 fully saturated rings. The van der Waals surface area contributed by atoms with Crippen LogP contribution >= 0.6 is 0 Å². The molecular weight excluding hydrogens is 424 g/mol. The van der Waals surface area contributed by atoms with E-state index < -0.39 is 23.3 Å². The highest BCUT2D eigenvalue weighted by Gasteiger charge is 2.37. The highest BCUT2D eigenvalue weighted by Crippen LogP contribution is 2.32. The van der Waals surface area contributed by atoms with Crippen LogP contribution in [0, 0.1) is 17.3 Å². The minimum atomic E-state index is -0.693. The number of nitrogens with one attached hydrogen (secondary N) is 1. The number of aryl methyl sites for hydroxylation is 1. The molecule has 8 nitrogen and oxygen atoms in total. The number of benzene rings is 1. The molecule has 8 heteroatoms. The van der Waals surface area contributed by atoms with Gasteiger partial charge in [-0.25, -0.2) is 5.06 Å². The van der Waals surface area contributed by atoms with Gasteiger partial charge in [0.15, 0.2) is 0 Å². The molecule has 0 saturated heterocycles. The number of carbonyl (C=O) groups excluding carboxylic acids is 3. The summed E-state index contributed by atoms with van der Waals surface area (Å²) >= 11 is 0. The van der Waals surface area contributed by atoms with Crippen LogP contribution in [0.5, 0.6) is 0 Å². The molecule has 1 aromatic rings. The van der Waals surface area contributed by atoms with E-state index in [0.29, 0.717) is 24.3 Å². The van der Waals surface area contributed by atoms with Crippen molar-refractivity contribution in [3.05, 3.63) is 35.9 Å². The molecule has 0 saturated carbocycles. The molecule has 1 rings (SSSR count). The summed E-state index contributed by atoms with van der Waals surface area (Å²) in [5.74, 6) is -1.55. The Balaban J connectivity index is 2.85. The lowest BCUT2D eigenvalue weighted by molar-refractivity contribution is -0.166. The first-order valence-corrected chi connectivity index (χ1v) is 11.6. The number of hydrogen-bond donors (Lipinski definition) is 3. The number of nitrogens with zero attached hydrogens (tertiary/aromatic N) is 1. The molecule has 186 valence electrons. The van der Waals surface area contributed by atoms with Gasteiger partial charge in [0.25, 0.3) is 0 Å². The first-order chi connectivity index (χ1) is 15.6. The second-order valence-electron chi connectivity index (χ2n) is 9.43. The molecule has 33 heavy (non-hydrogen) atoms. The summed E-state index contributed by atoms with van der Waals surface area (Å²) in [5.41, 5.74) is 0.690. The third-order valence-electron chi connectivity index (χ3n) is 5.89. The molecule has 3 atom stereocenters. The number of hydroxylamine groups is 2. The van der Waals surface area contributed by atoms with Crippen molar-refractivity contribution in [1.29, 1.82) is 0 Å². The number of hydrogen-bond acceptors (Lipinski definition) is 6. The third kappa shape index (κ3) is 10.5. The van der Waals surface area contributed by atoms with E-state index in [-0.39, 0.29) is 44.5 Å². The smallest absolute Gasteiger partial charge is 0.233 e. The lowest BCUT2D eigenvalue weighted by Gasteiger charge is -2.32. The third-order valence-corrected chi connectivity index (χ3v) is 5.89. The van der Waals surface area contributed by atoms with Crippen LogP contribution in [0.1, 0.15) is 52.5 Å². The second kappa shape index (κ2) is 14.8. The van der Waals surface area contributed by atoms with E-state index in [1.54, 1.807) is 6.92 Å². The minimum absolute atomic E-state index is 0.0138. The fourth-order valence-corrected chi connectivity index (χ4v) is 3.80. The summed E-state index contributed by atoms with van der Waals surface area (Å²) in [4.78, 5) is 37.3. The van der Waals surface area contributed by atoms with Crippen LogP contribution in [0.2, 0.25) is 0 Å². The Morgan fingerprint density at radius 3 is 2.42 bits per heavy atom. The van der Waals surface area contributed by atoms with Crippen molar-refractivity contribution in [3.63, 3.8) is 0 Å². The zero-order chi connectivity index (χ0) is 24.9. The van der Waals surface area contributed by atoms with Gasteiger partial charge in [-0.15, -0.1) is 0 Å². The predicted molar refractivity (Wildman–Crippen MR) is 126 cm³/mol. The number of aliphatic hydroxyl groups is 1. The van der Waals surface area contributed by atoms with Crippen molar-refractivity contribution in [3.8, 4) is 0 Å². The number of ether oxygens (including phenoxy) is 1. The van der Waals surface area contributed by atoms with Crippen molar-refractivity contribution in [1.82, 2.24) is 10.4 Å². The van der Waals surface area contributed by atoms with Gasteiger partial charge in [-0.2, -0.15) is 0 Å². The summed E-state index contributed by atoms with van der Waals surface area (Å²) in [7, 11) is 0. The van der Waals surface area contributed by atoms with Crippen molar-refractivity contribution in [2.75, 3.05) is 26.4 Å². The van der Waals surface area contributed by atoms with Crippen LogP contribution in [0.3, 0.4) is 0 Å². The number of Topliss-reactive ketones (excluding diaryl/α,β-unsaturated/α-hetero) is 1. The van der Waals surface area contributed by atoms with Crippen LogP contribution in [0.15, 0.2) is 30.3 Å². The second-order valence-corrected chi connectivity index (χ2v) is 9.43. The number of amides is 2. The van der Waals surface area contributed by atoms with E-state index in [4.69, 9.17) is 9.84 Å². The molecular formula is C25H40N2O6. The minimum Gasteiger partial charge on any atom is -0.394 e. The Kier molecular flexibility index (Phi) is 12.9. The molecule has 0 heterocycles. The fourth-order valence-electron chi connectivity index (χ4n) is 3.80. The van der Waals surface area contributed by atoms with E-state index in [0.717, 1.165) is 12.0 Å². The highest BCUT2D eigenvalue weighted by molar-refractivity contribution is 5.89. The lowest BCUT2D eigenvalue weighted by atomic mass is 9.74. The van der Waals surface area contributed by atoms with Gasteiger partial charge in [0.05, 0.1) is 25.9 Å². The van der Waals surface area contributed by atoms with Gasteiger partial charge in [-0.3, -0.25) is 19.6 Å². The van der Waals surface area contributed by atoms with Crippen LogP contribution in [-0.4, -0.2) is 65.9 Å². The van der Waals surface area contributed by atoms with Gasteiger partial charge in [0, 0.05) is 24.8 Å². The quantitative estimate of drug-likeness (QED) is 0.150. The van der Waals surface area contributed by atoms with Gasteiger partial charge in [0.2, 0.25) is 12.3 Å². The molecule has 0 aliphatic carbocycles. The summed E-state index contributed by atoms with van der Waals surface area (Å²) < 4.78 is 5.17. The average molecular weight is 465 g/mol. The largest absolute Gasteiger partial charge is 0.394 e. The zero-order valence-corrected chi connectivity index (χ0v) is 20.3. The van der Waals surface area contributed by atoms with E-state index in [9.17, 15) is 19.6 Å².